The van der Waals surface area contributed by atoms with Crippen LogP contribution in [-0.4, -0.2) is 28.5 Å². The summed E-state index contributed by atoms with van der Waals surface area (Å²) in [4.78, 5) is 12.1. The van der Waals surface area contributed by atoms with Crippen LogP contribution in [-0.2, 0) is 10.0 Å². The maximum atomic E-state index is 13.9. The van der Waals surface area contributed by atoms with Crippen LogP contribution >= 0.6 is 0 Å². The van der Waals surface area contributed by atoms with E-state index in [1.807, 2.05) is 0 Å². The second-order valence-electron chi connectivity index (χ2n) is 6.26. The van der Waals surface area contributed by atoms with E-state index < -0.39 is 33.1 Å². The Morgan fingerprint density at radius 2 is 1.58 bits per heavy atom. The Morgan fingerprint density at radius 3 is 2.23 bits per heavy atom. The highest BCUT2D eigenvalue weighted by Gasteiger charge is 2.22. The number of halogens is 2. The highest BCUT2D eigenvalue weighted by Crippen LogP contribution is 2.29. The van der Waals surface area contributed by atoms with E-state index in [1.54, 1.807) is 12.1 Å². The lowest BCUT2D eigenvalue weighted by Gasteiger charge is -2.14. The molecule has 0 aliphatic rings. The molecule has 3 rings (SSSR count). The van der Waals surface area contributed by atoms with Gasteiger partial charge in [-0.25, -0.2) is 17.2 Å². The Balaban J connectivity index is 1.90. The molecule has 0 fully saturated rings. The van der Waals surface area contributed by atoms with Gasteiger partial charge in [0.25, 0.3) is 15.9 Å². The molecular formula is C21H18F2N2O5S. The molecule has 0 saturated heterocycles. The van der Waals surface area contributed by atoms with E-state index in [0.29, 0.717) is 5.75 Å². The summed E-state index contributed by atoms with van der Waals surface area (Å²) in [6.45, 7) is 0. The molecule has 0 unspecified atom stereocenters. The minimum Gasteiger partial charge on any atom is -0.497 e. The van der Waals surface area contributed by atoms with Crippen LogP contribution < -0.4 is 19.5 Å². The second kappa shape index (κ2) is 9.00. The largest absolute Gasteiger partial charge is 0.497 e. The number of hydrogen-bond donors (Lipinski definition) is 2. The van der Waals surface area contributed by atoms with E-state index in [4.69, 9.17) is 9.47 Å². The summed E-state index contributed by atoms with van der Waals surface area (Å²) in [6.07, 6.45) is 0. The van der Waals surface area contributed by atoms with Crippen molar-refractivity contribution in [2.75, 3.05) is 24.3 Å². The van der Waals surface area contributed by atoms with Crippen LogP contribution in [0.3, 0.4) is 0 Å². The summed E-state index contributed by atoms with van der Waals surface area (Å²) < 4.78 is 65.6. The van der Waals surface area contributed by atoms with E-state index in [1.165, 1.54) is 44.6 Å². The number of methoxy groups -OCH3 is 2. The summed E-state index contributed by atoms with van der Waals surface area (Å²) in [5, 5.41) is 2.36. The minimum atomic E-state index is -4.11. The van der Waals surface area contributed by atoms with E-state index >= 15 is 0 Å². The first-order valence-electron chi connectivity index (χ1n) is 8.85. The molecule has 10 heteroatoms. The van der Waals surface area contributed by atoms with Gasteiger partial charge in [-0.05, 0) is 54.6 Å². The van der Waals surface area contributed by atoms with Crippen LogP contribution in [0.1, 0.15) is 10.4 Å². The molecule has 0 radical (unpaired) electrons. The fourth-order valence-corrected chi connectivity index (χ4v) is 3.97. The molecule has 3 aromatic rings. The van der Waals surface area contributed by atoms with E-state index in [2.05, 4.69) is 10.0 Å². The Bertz CT molecular complexity index is 1210. The Labute approximate surface area is 177 Å². The van der Waals surface area contributed by atoms with Gasteiger partial charge in [0.2, 0.25) is 0 Å². The molecule has 0 atom stereocenters. The number of ether oxygens (including phenoxy) is 2. The van der Waals surface area contributed by atoms with Crippen LogP contribution in [0.2, 0.25) is 0 Å². The van der Waals surface area contributed by atoms with Crippen LogP contribution in [0.25, 0.3) is 0 Å². The summed E-state index contributed by atoms with van der Waals surface area (Å²) in [6, 6.07) is 13.2. The first-order valence-corrected chi connectivity index (χ1v) is 10.3. The number of rotatable bonds is 7. The highest BCUT2D eigenvalue weighted by atomic mass is 32.2. The average Bonchev–Trinajstić information content (AvgIpc) is 2.76. The van der Waals surface area contributed by atoms with E-state index in [9.17, 15) is 22.0 Å². The lowest BCUT2D eigenvalue weighted by Crippen LogP contribution is -2.17. The normalized spacial score (nSPS) is 11.0. The molecule has 0 spiro atoms. The van der Waals surface area contributed by atoms with Gasteiger partial charge in [-0.2, -0.15) is 0 Å². The Morgan fingerprint density at radius 1 is 0.903 bits per heavy atom. The predicted octanol–water partition coefficient (Wildman–Crippen LogP) is 4.04. The number of sulfonamides is 1. The quantitative estimate of drug-likeness (QED) is 0.569. The van der Waals surface area contributed by atoms with Gasteiger partial charge in [0.1, 0.15) is 16.4 Å². The SMILES string of the molecule is COc1ccc(NS(=O)(=O)c2cc(NC(=O)c3cccc(F)c3F)ccc2OC)cc1. The monoisotopic (exact) mass is 448 g/mol. The van der Waals surface area contributed by atoms with Crippen molar-refractivity contribution in [3.63, 3.8) is 0 Å². The lowest BCUT2D eigenvalue weighted by atomic mass is 10.2. The van der Waals surface area contributed by atoms with Crippen LogP contribution in [0.15, 0.2) is 65.6 Å². The van der Waals surface area contributed by atoms with Crippen molar-refractivity contribution in [1.29, 1.82) is 0 Å². The van der Waals surface area contributed by atoms with Crippen LogP contribution in [0.5, 0.6) is 11.5 Å². The summed E-state index contributed by atoms with van der Waals surface area (Å²) in [5.74, 6) is -2.84. The van der Waals surface area contributed by atoms with Gasteiger partial charge >= 0.3 is 0 Å². The fourth-order valence-electron chi connectivity index (χ4n) is 2.71. The van der Waals surface area contributed by atoms with Crippen molar-refractivity contribution in [3.05, 3.63) is 77.9 Å². The summed E-state index contributed by atoms with van der Waals surface area (Å²) in [5.41, 5.74) is -0.194. The smallest absolute Gasteiger partial charge is 0.265 e. The van der Waals surface area contributed by atoms with Crippen molar-refractivity contribution in [3.8, 4) is 11.5 Å². The molecule has 0 aliphatic carbocycles. The molecule has 0 saturated carbocycles. The standard InChI is InChI=1S/C21H18F2N2O5S/c1-29-15-9-6-13(7-10-15)25-31(27,28)19-12-14(8-11-18(19)30-2)24-21(26)16-4-3-5-17(22)20(16)23/h3-12,25H,1-2H3,(H,24,26). The van der Waals surface area contributed by atoms with Crippen molar-refractivity contribution >= 4 is 27.3 Å². The lowest BCUT2D eigenvalue weighted by molar-refractivity contribution is 0.102. The van der Waals surface area contributed by atoms with Crippen LogP contribution in [0.4, 0.5) is 20.2 Å². The average molecular weight is 448 g/mol. The molecule has 162 valence electrons. The zero-order valence-corrected chi connectivity index (χ0v) is 17.3. The van der Waals surface area contributed by atoms with Gasteiger partial charge < -0.3 is 14.8 Å². The predicted molar refractivity (Wildman–Crippen MR) is 111 cm³/mol. The van der Waals surface area contributed by atoms with Gasteiger partial charge in [-0.15, -0.1) is 0 Å². The number of anilines is 2. The molecule has 0 aliphatic heterocycles. The molecule has 1 amide bonds. The highest BCUT2D eigenvalue weighted by molar-refractivity contribution is 7.92. The third-order valence-corrected chi connectivity index (χ3v) is 5.65. The second-order valence-corrected chi connectivity index (χ2v) is 7.91. The van der Waals surface area contributed by atoms with Gasteiger partial charge in [-0.3, -0.25) is 9.52 Å². The topological polar surface area (TPSA) is 93.7 Å². The van der Waals surface area contributed by atoms with Crippen LogP contribution in [0, 0.1) is 11.6 Å². The molecule has 2 N–H and O–H groups in total. The number of benzene rings is 3. The molecule has 31 heavy (non-hydrogen) atoms. The van der Waals surface area contributed by atoms with E-state index in [-0.39, 0.29) is 22.0 Å². The number of hydrogen-bond acceptors (Lipinski definition) is 5. The molecule has 7 nitrogen and oxygen atoms in total. The Kier molecular flexibility index (Phi) is 6.40. The summed E-state index contributed by atoms with van der Waals surface area (Å²) in [7, 11) is -1.34. The molecule has 0 aromatic heterocycles. The maximum Gasteiger partial charge on any atom is 0.265 e. The molecule has 3 aromatic carbocycles. The third-order valence-electron chi connectivity index (χ3n) is 4.25. The van der Waals surface area contributed by atoms with Crippen molar-refractivity contribution in [2.24, 2.45) is 0 Å². The number of carbonyl (C=O) groups is 1. The first-order chi connectivity index (χ1) is 14.7. The van der Waals surface area contributed by atoms with Crippen molar-refractivity contribution in [1.82, 2.24) is 0 Å². The van der Waals surface area contributed by atoms with Gasteiger partial charge in [0.15, 0.2) is 11.6 Å². The van der Waals surface area contributed by atoms with E-state index in [0.717, 1.165) is 18.2 Å². The fraction of sp³-hybridized carbons (Fsp3) is 0.0952. The number of carbonyl (C=O) groups excluding carboxylic acids is 1. The minimum absolute atomic E-state index is 0.0240. The molecule has 0 heterocycles. The summed E-state index contributed by atoms with van der Waals surface area (Å²) >= 11 is 0. The zero-order valence-electron chi connectivity index (χ0n) is 16.5. The third kappa shape index (κ3) is 4.92. The van der Waals surface area contributed by atoms with Crippen molar-refractivity contribution < 1.29 is 31.5 Å². The maximum absolute atomic E-state index is 13.9. The molecular weight excluding hydrogens is 430 g/mol. The van der Waals surface area contributed by atoms with Gasteiger partial charge in [-0.1, -0.05) is 6.07 Å². The van der Waals surface area contributed by atoms with Crippen molar-refractivity contribution in [2.45, 2.75) is 4.90 Å². The van der Waals surface area contributed by atoms with Gasteiger partial charge in [0.05, 0.1) is 19.8 Å². The first kappa shape index (κ1) is 22.0. The van der Waals surface area contributed by atoms with Gasteiger partial charge in [0, 0.05) is 11.4 Å². The molecule has 0 bridgehead atoms. The number of nitrogens with one attached hydrogen (secondary N) is 2. The Hall–Kier alpha value is -3.66. The zero-order chi connectivity index (χ0) is 22.6. The number of amides is 1.